The Bertz CT molecular complexity index is 398. The number of hydrogen-bond acceptors (Lipinski definition) is 3. The van der Waals surface area contributed by atoms with Crippen LogP contribution in [0.15, 0.2) is 27.3 Å². The molecule has 1 amide bonds. The third-order valence-electron chi connectivity index (χ3n) is 2.32. The maximum atomic E-state index is 11.5. The van der Waals surface area contributed by atoms with Gasteiger partial charge in [0.15, 0.2) is 4.67 Å². The van der Waals surface area contributed by atoms with E-state index in [4.69, 9.17) is 9.52 Å². The van der Waals surface area contributed by atoms with Gasteiger partial charge in [-0.05, 0) is 40.1 Å². The lowest BCUT2D eigenvalue weighted by Crippen LogP contribution is -2.40. The van der Waals surface area contributed by atoms with Crippen LogP contribution in [0.5, 0.6) is 0 Å². The summed E-state index contributed by atoms with van der Waals surface area (Å²) in [4.78, 5) is 11.5. The summed E-state index contributed by atoms with van der Waals surface area (Å²) in [5.74, 6) is 0.539. The first-order chi connectivity index (χ1) is 8.02. The van der Waals surface area contributed by atoms with Crippen molar-refractivity contribution in [1.82, 2.24) is 5.32 Å². The number of carbonyl (C=O) groups is 1. The van der Waals surface area contributed by atoms with E-state index in [0.717, 1.165) is 0 Å². The van der Waals surface area contributed by atoms with Crippen molar-refractivity contribution in [1.29, 1.82) is 0 Å². The Morgan fingerprint density at radius 2 is 2.29 bits per heavy atom. The number of aliphatic hydroxyl groups is 1. The van der Waals surface area contributed by atoms with E-state index in [0.29, 0.717) is 10.4 Å². The number of halogens is 1. The second-order valence-corrected chi connectivity index (χ2v) is 4.80. The Kier molecular flexibility index (Phi) is 5.44. The van der Waals surface area contributed by atoms with Crippen LogP contribution in [0.2, 0.25) is 0 Å². The zero-order valence-electron chi connectivity index (χ0n) is 9.81. The monoisotopic (exact) mass is 301 g/mol. The van der Waals surface area contributed by atoms with Crippen molar-refractivity contribution >= 4 is 27.9 Å². The maximum absolute atomic E-state index is 11.5. The maximum Gasteiger partial charge on any atom is 0.244 e. The largest absolute Gasteiger partial charge is 0.450 e. The van der Waals surface area contributed by atoms with Gasteiger partial charge in [0, 0.05) is 6.08 Å². The molecule has 1 heterocycles. The molecule has 0 aliphatic carbocycles. The van der Waals surface area contributed by atoms with Gasteiger partial charge in [-0.25, -0.2) is 0 Å². The fraction of sp³-hybridized carbons (Fsp3) is 0.417. The quantitative estimate of drug-likeness (QED) is 0.820. The highest BCUT2D eigenvalue weighted by molar-refractivity contribution is 9.10. The van der Waals surface area contributed by atoms with E-state index < -0.39 is 0 Å². The summed E-state index contributed by atoms with van der Waals surface area (Å²) >= 11 is 3.18. The fourth-order valence-corrected chi connectivity index (χ4v) is 1.55. The lowest BCUT2D eigenvalue weighted by molar-refractivity contribution is -0.117. The molecule has 0 saturated carbocycles. The van der Waals surface area contributed by atoms with Gasteiger partial charge in [-0.2, -0.15) is 0 Å². The van der Waals surface area contributed by atoms with Crippen molar-refractivity contribution in [2.45, 2.75) is 19.9 Å². The highest BCUT2D eigenvalue weighted by atomic mass is 79.9. The second-order valence-electron chi connectivity index (χ2n) is 4.02. The molecule has 0 unspecified atom stereocenters. The molecule has 1 rings (SSSR count). The minimum absolute atomic E-state index is 0.0659. The number of amides is 1. The number of nitrogens with one attached hydrogen (secondary N) is 1. The summed E-state index contributed by atoms with van der Waals surface area (Å²) in [6.45, 7) is 3.81. The summed E-state index contributed by atoms with van der Waals surface area (Å²) < 4.78 is 5.83. The van der Waals surface area contributed by atoms with Gasteiger partial charge in [0.25, 0.3) is 0 Å². The van der Waals surface area contributed by atoms with E-state index in [9.17, 15) is 4.79 Å². The molecule has 0 saturated heterocycles. The molecule has 2 N–H and O–H groups in total. The SMILES string of the molecule is CC(C)[C@@H](CO)NC(=O)C=Cc1ccc(Br)o1. The van der Waals surface area contributed by atoms with Crippen molar-refractivity contribution in [3.63, 3.8) is 0 Å². The Morgan fingerprint density at radius 1 is 1.59 bits per heavy atom. The molecule has 0 aromatic carbocycles. The fourth-order valence-electron chi connectivity index (χ4n) is 1.23. The molecule has 0 aliphatic heterocycles. The van der Waals surface area contributed by atoms with Crippen LogP contribution in [0, 0.1) is 5.92 Å². The van der Waals surface area contributed by atoms with Gasteiger partial charge in [0.05, 0.1) is 12.6 Å². The lowest BCUT2D eigenvalue weighted by Gasteiger charge is -2.18. The number of hydrogen-bond donors (Lipinski definition) is 2. The van der Waals surface area contributed by atoms with Crippen LogP contribution in [0.1, 0.15) is 19.6 Å². The van der Waals surface area contributed by atoms with Crippen molar-refractivity contribution < 1.29 is 14.3 Å². The summed E-state index contributed by atoms with van der Waals surface area (Å²) in [6.07, 6.45) is 2.96. The molecular formula is C12H16BrNO3. The minimum atomic E-state index is -0.245. The molecule has 17 heavy (non-hydrogen) atoms. The van der Waals surface area contributed by atoms with E-state index in [1.807, 2.05) is 13.8 Å². The first-order valence-electron chi connectivity index (χ1n) is 5.37. The van der Waals surface area contributed by atoms with Gasteiger partial charge in [0.2, 0.25) is 5.91 Å². The molecule has 1 aromatic heterocycles. The van der Waals surface area contributed by atoms with Gasteiger partial charge >= 0.3 is 0 Å². The molecular weight excluding hydrogens is 286 g/mol. The van der Waals surface area contributed by atoms with Gasteiger partial charge in [-0.15, -0.1) is 0 Å². The molecule has 1 aromatic rings. The van der Waals surface area contributed by atoms with E-state index in [1.54, 1.807) is 18.2 Å². The third-order valence-corrected chi connectivity index (χ3v) is 2.75. The highest BCUT2D eigenvalue weighted by Gasteiger charge is 2.13. The van der Waals surface area contributed by atoms with Crippen LogP contribution in [0.25, 0.3) is 6.08 Å². The average Bonchev–Trinajstić information content (AvgIpc) is 2.68. The number of rotatable bonds is 5. The van der Waals surface area contributed by atoms with E-state index in [-0.39, 0.29) is 24.5 Å². The van der Waals surface area contributed by atoms with Crippen LogP contribution < -0.4 is 5.32 Å². The van der Waals surface area contributed by atoms with Crippen LogP contribution in [0.4, 0.5) is 0 Å². The van der Waals surface area contributed by atoms with Gasteiger partial charge < -0.3 is 14.8 Å². The standard InChI is InChI=1S/C12H16BrNO3/c1-8(2)10(7-15)14-12(16)6-4-9-3-5-11(13)17-9/h3-6,8,10,15H,7H2,1-2H3,(H,14,16)/t10-/m1/s1. The third kappa shape index (κ3) is 4.75. The Labute approximate surface area is 109 Å². The van der Waals surface area contributed by atoms with Crippen molar-refractivity contribution in [2.75, 3.05) is 6.61 Å². The number of furan rings is 1. The van der Waals surface area contributed by atoms with Gasteiger partial charge in [0.1, 0.15) is 5.76 Å². The molecule has 0 radical (unpaired) electrons. The topological polar surface area (TPSA) is 62.5 Å². The average molecular weight is 302 g/mol. The first-order valence-corrected chi connectivity index (χ1v) is 6.17. The smallest absolute Gasteiger partial charge is 0.244 e. The van der Waals surface area contributed by atoms with Crippen LogP contribution in [0.3, 0.4) is 0 Å². The number of aliphatic hydroxyl groups excluding tert-OH is 1. The number of carbonyl (C=O) groups excluding carboxylic acids is 1. The summed E-state index contributed by atoms with van der Waals surface area (Å²) in [5, 5.41) is 11.8. The minimum Gasteiger partial charge on any atom is -0.450 e. The molecule has 1 atom stereocenters. The summed E-state index contributed by atoms with van der Waals surface area (Å²) in [6, 6.07) is 3.28. The van der Waals surface area contributed by atoms with E-state index in [2.05, 4.69) is 21.2 Å². The van der Waals surface area contributed by atoms with Gasteiger partial charge in [-0.3, -0.25) is 4.79 Å². The van der Waals surface area contributed by atoms with E-state index in [1.165, 1.54) is 6.08 Å². The Balaban J connectivity index is 2.52. The van der Waals surface area contributed by atoms with Crippen molar-refractivity contribution in [3.8, 4) is 0 Å². The van der Waals surface area contributed by atoms with E-state index >= 15 is 0 Å². The predicted octanol–water partition coefficient (Wildman–Crippen LogP) is 2.19. The molecule has 4 nitrogen and oxygen atoms in total. The highest BCUT2D eigenvalue weighted by Crippen LogP contribution is 2.14. The first kappa shape index (κ1) is 14.0. The normalized spacial score (nSPS) is 13.2. The Morgan fingerprint density at radius 3 is 2.76 bits per heavy atom. The van der Waals surface area contributed by atoms with Crippen molar-refractivity contribution in [3.05, 3.63) is 28.6 Å². The molecule has 0 fully saturated rings. The molecule has 0 bridgehead atoms. The summed E-state index contributed by atoms with van der Waals surface area (Å²) in [7, 11) is 0. The lowest BCUT2D eigenvalue weighted by atomic mass is 10.1. The molecule has 94 valence electrons. The molecule has 0 aliphatic rings. The zero-order valence-corrected chi connectivity index (χ0v) is 11.4. The Hall–Kier alpha value is -1.07. The zero-order chi connectivity index (χ0) is 12.8. The van der Waals surface area contributed by atoms with Gasteiger partial charge in [-0.1, -0.05) is 13.8 Å². The predicted molar refractivity (Wildman–Crippen MR) is 69.3 cm³/mol. The van der Waals surface area contributed by atoms with Crippen LogP contribution in [-0.4, -0.2) is 23.7 Å². The molecule has 0 spiro atoms. The second kappa shape index (κ2) is 6.61. The molecule has 5 heteroatoms. The van der Waals surface area contributed by atoms with Crippen LogP contribution >= 0.6 is 15.9 Å². The summed E-state index contributed by atoms with van der Waals surface area (Å²) in [5.41, 5.74) is 0. The van der Waals surface area contributed by atoms with Crippen LogP contribution in [-0.2, 0) is 4.79 Å². The van der Waals surface area contributed by atoms with Crippen molar-refractivity contribution in [2.24, 2.45) is 5.92 Å².